The predicted octanol–water partition coefficient (Wildman–Crippen LogP) is 2.31. The molecule has 76 valence electrons. The molecule has 0 aliphatic carbocycles. The van der Waals surface area contributed by atoms with Crippen LogP contribution in [0.3, 0.4) is 0 Å². The van der Waals surface area contributed by atoms with E-state index in [-0.39, 0.29) is 6.09 Å². The third-order valence-corrected chi connectivity index (χ3v) is 1.90. The Hall–Kier alpha value is -1.51. The SMILES string of the molecule is CCc1ccc(OC(=O)N(C)C)cc1. The second kappa shape index (κ2) is 4.65. The van der Waals surface area contributed by atoms with Crippen LogP contribution in [0.25, 0.3) is 0 Å². The first-order chi connectivity index (χ1) is 6.63. The van der Waals surface area contributed by atoms with Crippen molar-refractivity contribution >= 4 is 6.09 Å². The zero-order chi connectivity index (χ0) is 10.6. The summed E-state index contributed by atoms with van der Waals surface area (Å²) in [6.45, 7) is 2.08. The minimum Gasteiger partial charge on any atom is -0.410 e. The lowest BCUT2D eigenvalue weighted by atomic mass is 10.2. The first-order valence-electron chi connectivity index (χ1n) is 4.61. The van der Waals surface area contributed by atoms with E-state index in [0.717, 1.165) is 6.42 Å². The molecule has 0 N–H and O–H groups in total. The second-order valence-corrected chi connectivity index (χ2v) is 3.26. The number of benzene rings is 1. The summed E-state index contributed by atoms with van der Waals surface area (Å²) in [6, 6.07) is 7.52. The summed E-state index contributed by atoms with van der Waals surface area (Å²) in [4.78, 5) is 12.6. The normalized spacial score (nSPS) is 9.64. The van der Waals surface area contributed by atoms with E-state index in [1.807, 2.05) is 12.1 Å². The van der Waals surface area contributed by atoms with Gasteiger partial charge in [0.2, 0.25) is 0 Å². The molecule has 1 amide bonds. The zero-order valence-electron chi connectivity index (χ0n) is 8.78. The summed E-state index contributed by atoms with van der Waals surface area (Å²) >= 11 is 0. The van der Waals surface area contributed by atoms with Crippen LogP contribution in [0.15, 0.2) is 24.3 Å². The van der Waals surface area contributed by atoms with Crippen molar-refractivity contribution < 1.29 is 9.53 Å². The van der Waals surface area contributed by atoms with Gasteiger partial charge < -0.3 is 9.64 Å². The summed E-state index contributed by atoms with van der Waals surface area (Å²) in [5.74, 6) is 0.584. The fourth-order valence-corrected chi connectivity index (χ4v) is 0.985. The molecule has 0 unspecified atom stereocenters. The first-order valence-corrected chi connectivity index (χ1v) is 4.61. The molecule has 0 atom stereocenters. The van der Waals surface area contributed by atoms with Gasteiger partial charge >= 0.3 is 6.09 Å². The van der Waals surface area contributed by atoms with Crippen molar-refractivity contribution in [3.8, 4) is 5.75 Å². The van der Waals surface area contributed by atoms with Crippen molar-refractivity contribution in [2.45, 2.75) is 13.3 Å². The minimum atomic E-state index is -0.353. The van der Waals surface area contributed by atoms with E-state index < -0.39 is 0 Å². The lowest BCUT2D eigenvalue weighted by molar-refractivity contribution is 0.172. The Labute approximate surface area is 84.3 Å². The van der Waals surface area contributed by atoms with Gasteiger partial charge in [0.05, 0.1) is 0 Å². The third kappa shape index (κ3) is 2.76. The van der Waals surface area contributed by atoms with Crippen LogP contribution in [0.2, 0.25) is 0 Å². The summed E-state index contributed by atoms with van der Waals surface area (Å²) < 4.78 is 5.06. The monoisotopic (exact) mass is 193 g/mol. The molecular weight excluding hydrogens is 178 g/mol. The maximum atomic E-state index is 11.2. The van der Waals surface area contributed by atoms with Gasteiger partial charge in [0.1, 0.15) is 5.75 Å². The highest BCUT2D eigenvalue weighted by atomic mass is 16.6. The van der Waals surface area contributed by atoms with Crippen molar-refractivity contribution in [1.29, 1.82) is 0 Å². The molecule has 0 saturated carbocycles. The molecule has 0 radical (unpaired) electrons. The lowest BCUT2D eigenvalue weighted by Crippen LogP contribution is -2.25. The van der Waals surface area contributed by atoms with Crippen LogP contribution in [0.5, 0.6) is 5.75 Å². The fourth-order valence-electron chi connectivity index (χ4n) is 0.985. The van der Waals surface area contributed by atoms with Gasteiger partial charge in [-0.1, -0.05) is 19.1 Å². The molecule has 3 nitrogen and oxygen atoms in total. The third-order valence-electron chi connectivity index (χ3n) is 1.90. The Bertz CT molecular complexity index is 304. The standard InChI is InChI=1S/C11H15NO2/c1-4-9-5-7-10(8-6-9)14-11(13)12(2)3/h5-8H,4H2,1-3H3. The quantitative estimate of drug-likeness (QED) is 0.721. The molecule has 0 aliphatic heterocycles. The maximum Gasteiger partial charge on any atom is 0.414 e. The Balaban J connectivity index is 2.64. The number of ether oxygens (including phenoxy) is 1. The van der Waals surface area contributed by atoms with Crippen LogP contribution >= 0.6 is 0 Å². The highest BCUT2D eigenvalue weighted by Gasteiger charge is 2.05. The van der Waals surface area contributed by atoms with Crippen LogP contribution in [0, 0.1) is 0 Å². The van der Waals surface area contributed by atoms with E-state index in [2.05, 4.69) is 6.92 Å². The van der Waals surface area contributed by atoms with Crippen molar-refractivity contribution in [3.05, 3.63) is 29.8 Å². The van der Waals surface area contributed by atoms with Crippen molar-refractivity contribution in [2.24, 2.45) is 0 Å². The highest BCUT2D eigenvalue weighted by molar-refractivity contribution is 5.69. The molecule has 0 saturated heterocycles. The van der Waals surface area contributed by atoms with Gasteiger partial charge in [0.15, 0.2) is 0 Å². The minimum absolute atomic E-state index is 0.353. The van der Waals surface area contributed by atoms with E-state index in [4.69, 9.17) is 4.74 Å². The molecular formula is C11H15NO2. The molecule has 0 fully saturated rings. The number of amides is 1. The fraction of sp³-hybridized carbons (Fsp3) is 0.364. The number of rotatable bonds is 2. The number of carbonyl (C=O) groups is 1. The molecule has 0 aromatic heterocycles. The molecule has 14 heavy (non-hydrogen) atoms. The topological polar surface area (TPSA) is 29.5 Å². The van der Waals surface area contributed by atoms with Crippen molar-refractivity contribution in [1.82, 2.24) is 4.90 Å². The second-order valence-electron chi connectivity index (χ2n) is 3.26. The van der Waals surface area contributed by atoms with Crippen LogP contribution < -0.4 is 4.74 Å². The van der Waals surface area contributed by atoms with Gasteiger partial charge in [-0.3, -0.25) is 0 Å². The largest absolute Gasteiger partial charge is 0.414 e. The van der Waals surface area contributed by atoms with Gasteiger partial charge in [0.25, 0.3) is 0 Å². The highest BCUT2D eigenvalue weighted by Crippen LogP contribution is 2.13. The summed E-state index contributed by atoms with van der Waals surface area (Å²) in [7, 11) is 3.31. The van der Waals surface area contributed by atoms with E-state index in [1.54, 1.807) is 26.2 Å². The number of hydrogen-bond donors (Lipinski definition) is 0. The Morgan fingerprint density at radius 2 is 1.86 bits per heavy atom. The first kappa shape index (κ1) is 10.6. The van der Waals surface area contributed by atoms with Gasteiger partial charge in [-0.15, -0.1) is 0 Å². The molecule has 0 aliphatic rings. The molecule has 1 aromatic rings. The van der Waals surface area contributed by atoms with E-state index in [1.165, 1.54) is 10.5 Å². The lowest BCUT2D eigenvalue weighted by Gasteiger charge is -2.10. The molecule has 0 spiro atoms. The van der Waals surface area contributed by atoms with E-state index >= 15 is 0 Å². The number of carbonyl (C=O) groups excluding carboxylic acids is 1. The van der Waals surface area contributed by atoms with Crippen molar-refractivity contribution in [3.63, 3.8) is 0 Å². The summed E-state index contributed by atoms with van der Waals surface area (Å²) in [5, 5.41) is 0. The summed E-state index contributed by atoms with van der Waals surface area (Å²) in [6.07, 6.45) is 0.635. The molecule has 0 heterocycles. The Morgan fingerprint density at radius 1 is 1.29 bits per heavy atom. The average molecular weight is 193 g/mol. The molecule has 3 heteroatoms. The van der Waals surface area contributed by atoms with E-state index in [9.17, 15) is 4.79 Å². The van der Waals surface area contributed by atoms with Crippen LogP contribution in [0.1, 0.15) is 12.5 Å². The smallest absolute Gasteiger partial charge is 0.410 e. The van der Waals surface area contributed by atoms with Gasteiger partial charge in [-0.05, 0) is 24.1 Å². The Kier molecular flexibility index (Phi) is 3.51. The Morgan fingerprint density at radius 3 is 2.29 bits per heavy atom. The summed E-state index contributed by atoms with van der Waals surface area (Å²) in [5.41, 5.74) is 1.23. The van der Waals surface area contributed by atoms with Crippen LogP contribution in [0.4, 0.5) is 4.79 Å². The van der Waals surface area contributed by atoms with Crippen LogP contribution in [-0.4, -0.2) is 25.1 Å². The zero-order valence-corrected chi connectivity index (χ0v) is 8.78. The van der Waals surface area contributed by atoms with Crippen molar-refractivity contribution in [2.75, 3.05) is 14.1 Å². The number of nitrogens with zero attached hydrogens (tertiary/aromatic N) is 1. The van der Waals surface area contributed by atoms with Gasteiger partial charge in [0, 0.05) is 14.1 Å². The van der Waals surface area contributed by atoms with Gasteiger partial charge in [-0.2, -0.15) is 0 Å². The van der Waals surface area contributed by atoms with E-state index in [0.29, 0.717) is 5.75 Å². The predicted molar refractivity (Wildman–Crippen MR) is 55.5 cm³/mol. The molecule has 1 aromatic carbocycles. The number of aryl methyl sites for hydroxylation is 1. The molecule has 0 bridgehead atoms. The van der Waals surface area contributed by atoms with Gasteiger partial charge in [-0.25, -0.2) is 4.79 Å². The molecule has 1 rings (SSSR count). The average Bonchev–Trinajstić information content (AvgIpc) is 2.19. The maximum absolute atomic E-state index is 11.2. The van der Waals surface area contributed by atoms with Crippen LogP contribution in [-0.2, 0) is 6.42 Å². The number of hydrogen-bond acceptors (Lipinski definition) is 2.